The van der Waals surface area contributed by atoms with Crippen LogP contribution in [0.3, 0.4) is 0 Å². The van der Waals surface area contributed by atoms with Gasteiger partial charge >= 0.3 is 0 Å². The molecule has 0 saturated carbocycles. The van der Waals surface area contributed by atoms with Gasteiger partial charge in [0.15, 0.2) is 0 Å². The highest BCUT2D eigenvalue weighted by Crippen LogP contribution is 2.31. The predicted octanol–water partition coefficient (Wildman–Crippen LogP) is 4.59. The first-order chi connectivity index (χ1) is 9.45. The van der Waals surface area contributed by atoms with E-state index >= 15 is 0 Å². The Morgan fingerprint density at radius 1 is 1.35 bits per heavy atom. The molecule has 1 aromatic heterocycles. The van der Waals surface area contributed by atoms with Crippen molar-refractivity contribution in [2.45, 2.75) is 50.4 Å². The zero-order valence-electron chi connectivity index (χ0n) is 12.2. The second-order valence-electron chi connectivity index (χ2n) is 5.01. The lowest BCUT2D eigenvalue weighted by Gasteiger charge is -2.10. The Bertz CT molecular complexity index is 576. The average molecular weight is 311 g/mol. The maximum Gasteiger partial charge on any atom is 0.260 e. The van der Waals surface area contributed by atoms with Gasteiger partial charge in [0.05, 0.1) is 5.69 Å². The highest BCUT2D eigenvalue weighted by Gasteiger charge is 2.09. The Labute approximate surface area is 129 Å². The summed E-state index contributed by atoms with van der Waals surface area (Å²) in [6.07, 6.45) is 0. The van der Waals surface area contributed by atoms with Gasteiger partial charge in [-0.1, -0.05) is 31.5 Å². The molecule has 108 valence electrons. The topological polar surface area (TPSA) is 38.1 Å². The number of hydrogen-bond donors (Lipinski definition) is 1. The Balaban J connectivity index is 2.08. The fraction of sp³-hybridized carbons (Fsp3) is 0.400. The first-order valence-electron chi connectivity index (χ1n) is 6.59. The maximum absolute atomic E-state index is 6.31. The molecule has 2 rings (SSSR count). The van der Waals surface area contributed by atoms with Gasteiger partial charge in [0.2, 0.25) is 0 Å². The van der Waals surface area contributed by atoms with Gasteiger partial charge in [-0.05, 0) is 43.3 Å². The van der Waals surface area contributed by atoms with Crippen molar-refractivity contribution in [1.82, 2.24) is 10.3 Å². The molecule has 0 fully saturated rings. The molecule has 0 aliphatic rings. The molecule has 3 nitrogen and oxygen atoms in total. The lowest BCUT2D eigenvalue weighted by molar-refractivity contribution is 0.431. The van der Waals surface area contributed by atoms with Gasteiger partial charge in [-0.2, -0.15) is 0 Å². The average Bonchev–Trinajstić information content (AvgIpc) is 2.67. The molecule has 0 aliphatic heterocycles. The molecular weight excluding hydrogens is 292 g/mol. The molecule has 2 aromatic rings. The molecule has 0 aliphatic carbocycles. The zero-order chi connectivity index (χ0) is 14.7. The molecule has 0 bridgehead atoms. The smallest absolute Gasteiger partial charge is 0.260 e. The van der Waals surface area contributed by atoms with Crippen LogP contribution < -0.4 is 5.32 Å². The van der Waals surface area contributed by atoms with Crippen LogP contribution in [0.2, 0.25) is 5.02 Å². The number of hydrogen-bond acceptors (Lipinski definition) is 4. The molecule has 1 heterocycles. The number of nitrogens with zero attached hydrogens (tertiary/aromatic N) is 1. The van der Waals surface area contributed by atoms with E-state index in [1.807, 2.05) is 32.0 Å². The van der Waals surface area contributed by atoms with Crippen molar-refractivity contribution >= 4 is 23.4 Å². The summed E-state index contributed by atoms with van der Waals surface area (Å²) >= 11 is 7.80. The van der Waals surface area contributed by atoms with Crippen LogP contribution in [0, 0.1) is 13.8 Å². The standard InChI is InChI=1S/C15H19ClN2OS/c1-9(2)17-8-12-5-6-13(7-14(12)16)20-15-18-10(3)11(4)19-15/h5-7,9,17H,8H2,1-4H3. The SMILES string of the molecule is Cc1nc(Sc2ccc(CNC(C)C)c(Cl)c2)oc1C. The lowest BCUT2D eigenvalue weighted by Crippen LogP contribution is -2.21. The fourth-order valence-electron chi connectivity index (χ4n) is 1.64. The second-order valence-corrected chi connectivity index (χ2v) is 6.44. The Kier molecular flexibility index (Phi) is 5.13. The molecule has 0 unspecified atom stereocenters. The van der Waals surface area contributed by atoms with Gasteiger partial charge in [-0.25, -0.2) is 4.98 Å². The van der Waals surface area contributed by atoms with E-state index in [-0.39, 0.29) is 0 Å². The van der Waals surface area contributed by atoms with Crippen molar-refractivity contribution < 1.29 is 4.42 Å². The van der Waals surface area contributed by atoms with E-state index in [1.165, 1.54) is 11.8 Å². The van der Waals surface area contributed by atoms with Gasteiger partial charge in [-0.15, -0.1) is 0 Å². The highest BCUT2D eigenvalue weighted by molar-refractivity contribution is 7.99. The molecule has 20 heavy (non-hydrogen) atoms. The van der Waals surface area contributed by atoms with Crippen LogP contribution in [0.25, 0.3) is 0 Å². The number of halogens is 1. The minimum Gasteiger partial charge on any atom is -0.436 e. The largest absolute Gasteiger partial charge is 0.436 e. The highest BCUT2D eigenvalue weighted by atomic mass is 35.5. The summed E-state index contributed by atoms with van der Waals surface area (Å²) in [4.78, 5) is 5.39. The summed E-state index contributed by atoms with van der Waals surface area (Å²) < 4.78 is 5.56. The van der Waals surface area contributed by atoms with Crippen molar-refractivity contribution in [1.29, 1.82) is 0 Å². The van der Waals surface area contributed by atoms with Gasteiger partial charge in [0.1, 0.15) is 5.76 Å². The number of nitrogens with one attached hydrogen (secondary N) is 1. The van der Waals surface area contributed by atoms with Crippen molar-refractivity contribution in [3.63, 3.8) is 0 Å². The van der Waals surface area contributed by atoms with Crippen LogP contribution in [-0.2, 0) is 6.54 Å². The number of rotatable bonds is 5. The predicted molar refractivity (Wildman–Crippen MR) is 83.5 cm³/mol. The second kappa shape index (κ2) is 6.66. The van der Waals surface area contributed by atoms with Crippen molar-refractivity contribution in [2.24, 2.45) is 0 Å². The first-order valence-corrected chi connectivity index (χ1v) is 7.79. The van der Waals surface area contributed by atoms with Crippen LogP contribution in [-0.4, -0.2) is 11.0 Å². The molecular formula is C15H19ClN2OS. The normalized spacial score (nSPS) is 11.3. The summed E-state index contributed by atoms with van der Waals surface area (Å²) in [6, 6.07) is 6.49. The van der Waals surface area contributed by atoms with Gasteiger partial charge < -0.3 is 9.73 Å². The fourth-order valence-corrected chi connectivity index (χ4v) is 2.81. The van der Waals surface area contributed by atoms with Crippen LogP contribution >= 0.6 is 23.4 Å². The van der Waals surface area contributed by atoms with Crippen LogP contribution in [0.15, 0.2) is 32.7 Å². The molecule has 1 aromatic carbocycles. The van der Waals surface area contributed by atoms with E-state index in [9.17, 15) is 0 Å². The van der Waals surface area contributed by atoms with Gasteiger partial charge in [-0.3, -0.25) is 0 Å². The Morgan fingerprint density at radius 2 is 2.10 bits per heavy atom. The van der Waals surface area contributed by atoms with Crippen LogP contribution in [0.1, 0.15) is 30.9 Å². The summed E-state index contributed by atoms with van der Waals surface area (Å²) in [5, 5.41) is 4.78. The first kappa shape index (κ1) is 15.4. The van der Waals surface area contributed by atoms with E-state index in [2.05, 4.69) is 24.1 Å². The number of oxazole rings is 1. The Hall–Kier alpha value is -0.970. The quantitative estimate of drug-likeness (QED) is 0.876. The van der Waals surface area contributed by atoms with Crippen molar-refractivity contribution in [3.8, 4) is 0 Å². The van der Waals surface area contributed by atoms with E-state index in [4.69, 9.17) is 16.0 Å². The van der Waals surface area contributed by atoms with Gasteiger partial charge in [0.25, 0.3) is 5.22 Å². The molecule has 0 amide bonds. The monoisotopic (exact) mass is 310 g/mol. The summed E-state index contributed by atoms with van der Waals surface area (Å²) in [7, 11) is 0. The molecule has 1 N–H and O–H groups in total. The minimum absolute atomic E-state index is 0.443. The third kappa shape index (κ3) is 4.01. The summed E-state index contributed by atoms with van der Waals surface area (Å²) in [5.74, 6) is 0.858. The lowest BCUT2D eigenvalue weighted by atomic mass is 10.2. The van der Waals surface area contributed by atoms with Gasteiger partial charge in [0, 0.05) is 22.5 Å². The van der Waals surface area contributed by atoms with Crippen molar-refractivity contribution in [2.75, 3.05) is 0 Å². The van der Waals surface area contributed by atoms with E-state index < -0.39 is 0 Å². The van der Waals surface area contributed by atoms with Crippen LogP contribution in [0.4, 0.5) is 0 Å². The number of aryl methyl sites for hydroxylation is 2. The molecule has 0 spiro atoms. The summed E-state index contributed by atoms with van der Waals surface area (Å²) in [5.41, 5.74) is 2.03. The van der Waals surface area contributed by atoms with Crippen LogP contribution in [0.5, 0.6) is 0 Å². The third-order valence-corrected chi connectivity index (χ3v) is 4.13. The van der Waals surface area contributed by atoms with E-state index in [1.54, 1.807) is 0 Å². The summed E-state index contributed by atoms with van der Waals surface area (Å²) in [6.45, 7) is 8.87. The molecule has 0 radical (unpaired) electrons. The maximum atomic E-state index is 6.31. The Morgan fingerprint density at radius 3 is 2.65 bits per heavy atom. The molecule has 5 heteroatoms. The van der Waals surface area contributed by atoms with E-state index in [0.717, 1.165) is 33.5 Å². The van der Waals surface area contributed by atoms with E-state index in [0.29, 0.717) is 11.3 Å². The molecule has 0 atom stereocenters. The molecule has 0 saturated heterocycles. The number of aromatic nitrogens is 1. The third-order valence-electron chi connectivity index (χ3n) is 2.94. The minimum atomic E-state index is 0.443. The van der Waals surface area contributed by atoms with Crippen molar-refractivity contribution in [3.05, 3.63) is 40.2 Å². The zero-order valence-corrected chi connectivity index (χ0v) is 13.7. The number of benzene rings is 1.